The zero-order valence-electron chi connectivity index (χ0n) is 16.6. The quantitative estimate of drug-likeness (QED) is 0.667. The fraction of sp³-hybridized carbons (Fsp3) is 0.350. The lowest BCUT2D eigenvalue weighted by molar-refractivity contribution is 0.0785. The number of ether oxygens (including phenoxy) is 1. The van der Waals surface area contributed by atoms with Crippen molar-refractivity contribution < 1.29 is 9.53 Å². The van der Waals surface area contributed by atoms with Crippen molar-refractivity contribution in [3.8, 4) is 11.9 Å². The Morgan fingerprint density at radius 2 is 2.10 bits per heavy atom. The molecule has 1 aliphatic heterocycles. The molecule has 1 N–H and O–H groups in total. The SMILES string of the molecule is CC(C)Oc1nc(Nc2cc(Cl)nn3c(C#N)cnc23)ccc1C(=O)N1CCCC1. The number of amides is 1. The molecule has 154 valence electrons. The Bertz CT molecular complexity index is 1150. The summed E-state index contributed by atoms with van der Waals surface area (Å²) in [6.07, 6.45) is 3.29. The van der Waals surface area contributed by atoms with E-state index in [0.717, 1.165) is 25.9 Å². The monoisotopic (exact) mass is 425 g/mol. The molecule has 0 bridgehead atoms. The van der Waals surface area contributed by atoms with Gasteiger partial charge in [0, 0.05) is 19.2 Å². The molecule has 0 saturated carbocycles. The third kappa shape index (κ3) is 3.86. The normalized spacial score (nSPS) is 13.6. The first-order valence-electron chi connectivity index (χ1n) is 9.64. The summed E-state index contributed by atoms with van der Waals surface area (Å²) in [5.74, 6) is 0.641. The third-order valence-corrected chi connectivity index (χ3v) is 4.83. The Balaban J connectivity index is 1.70. The second kappa shape index (κ2) is 8.16. The Hall–Kier alpha value is -3.38. The van der Waals surface area contributed by atoms with Crippen LogP contribution >= 0.6 is 11.6 Å². The van der Waals surface area contributed by atoms with E-state index < -0.39 is 0 Å². The van der Waals surface area contributed by atoms with E-state index in [1.54, 1.807) is 18.2 Å². The minimum absolute atomic E-state index is 0.0801. The molecule has 9 nitrogen and oxygen atoms in total. The van der Waals surface area contributed by atoms with E-state index in [2.05, 4.69) is 20.4 Å². The molecule has 1 aliphatic rings. The van der Waals surface area contributed by atoms with Crippen LogP contribution in [0.25, 0.3) is 5.65 Å². The summed E-state index contributed by atoms with van der Waals surface area (Å²) >= 11 is 6.11. The van der Waals surface area contributed by atoms with Crippen LogP contribution in [-0.2, 0) is 0 Å². The third-order valence-electron chi connectivity index (χ3n) is 4.65. The van der Waals surface area contributed by atoms with Gasteiger partial charge in [-0.2, -0.15) is 19.9 Å². The van der Waals surface area contributed by atoms with Crippen LogP contribution in [0.4, 0.5) is 11.5 Å². The second-order valence-electron chi connectivity index (χ2n) is 7.21. The highest BCUT2D eigenvalue weighted by molar-refractivity contribution is 6.29. The lowest BCUT2D eigenvalue weighted by Crippen LogP contribution is -2.28. The standard InChI is InChI=1S/C20H20ClN7O2/c1-12(2)30-19-14(20(29)27-7-3-4-8-27)5-6-17(25-19)24-15-9-16(21)26-28-13(10-22)11-23-18(15)28/h5-6,9,11-12H,3-4,7-8H2,1-2H3,(H,24,25). The maximum absolute atomic E-state index is 12.9. The molecule has 3 aromatic heterocycles. The molecule has 0 aromatic carbocycles. The molecule has 0 radical (unpaired) electrons. The average molecular weight is 426 g/mol. The van der Waals surface area contributed by atoms with Crippen molar-refractivity contribution in [1.82, 2.24) is 24.5 Å². The smallest absolute Gasteiger partial charge is 0.259 e. The van der Waals surface area contributed by atoms with Crippen LogP contribution in [0.15, 0.2) is 24.4 Å². The Morgan fingerprint density at radius 3 is 2.80 bits per heavy atom. The summed E-state index contributed by atoms with van der Waals surface area (Å²) in [6, 6.07) is 7.03. The summed E-state index contributed by atoms with van der Waals surface area (Å²) in [5.41, 5.74) is 1.65. The van der Waals surface area contributed by atoms with Crippen molar-refractivity contribution in [2.24, 2.45) is 0 Å². The van der Waals surface area contributed by atoms with Gasteiger partial charge in [0.1, 0.15) is 17.5 Å². The molecule has 0 unspecified atom stereocenters. The lowest BCUT2D eigenvalue weighted by Gasteiger charge is -2.19. The predicted octanol–water partition coefficient (Wildman–Crippen LogP) is 3.42. The van der Waals surface area contributed by atoms with Crippen LogP contribution in [-0.4, -0.2) is 49.6 Å². The zero-order valence-corrected chi connectivity index (χ0v) is 17.3. The van der Waals surface area contributed by atoms with E-state index in [0.29, 0.717) is 22.7 Å². The molecular formula is C20H20ClN7O2. The highest BCUT2D eigenvalue weighted by atomic mass is 35.5. The van der Waals surface area contributed by atoms with E-state index in [1.807, 2.05) is 24.8 Å². The fourth-order valence-corrected chi connectivity index (χ4v) is 3.51. The number of pyridine rings is 1. The number of carbonyl (C=O) groups is 1. The van der Waals surface area contributed by atoms with Crippen LogP contribution in [0.3, 0.4) is 0 Å². The lowest BCUT2D eigenvalue weighted by atomic mass is 10.2. The zero-order chi connectivity index (χ0) is 21.3. The molecule has 1 fully saturated rings. The number of aromatic nitrogens is 4. The van der Waals surface area contributed by atoms with Gasteiger partial charge >= 0.3 is 0 Å². The number of likely N-dealkylation sites (tertiary alicyclic amines) is 1. The Kier molecular flexibility index (Phi) is 5.42. The van der Waals surface area contributed by atoms with Crippen molar-refractivity contribution >= 4 is 34.7 Å². The number of anilines is 2. The molecule has 0 spiro atoms. The van der Waals surface area contributed by atoms with Crippen LogP contribution in [0.5, 0.6) is 5.88 Å². The van der Waals surface area contributed by atoms with E-state index in [4.69, 9.17) is 16.3 Å². The summed E-state index contributed by atoms with van der Waals surface area (Å²) in [5, 5.41) is 16.7. The molecule has 1 amide bonds. The number of nitrogens with zero attached hydrogens (tertiary/aromatic N) is 6. The van der Waals surface area contributed by atoms with Gasteiger partial charge in [-0.25, -0.2) is 4.98 Å². The van der Waals surface area contributed by atoms with Gasteiger partial charge in [-0.1, -0.05) is 11.6 Å². The molecule has 0 aliphatic carbocycles. The molecule has 10 heteroatoms. The number of hydrogen-bond donors (Lipinski definition) is 1. The van der Waals surface area contributed by atoms with Gasteiger partial charge in [0.15, 0.2) is 16.5 Å². The van der Waals surface area contributed by atoms with Gasteiger partial charge in [0.2, 0.25) is 5.88 Å². The van der Waals surface area contributed by atoms with Gasteiger partial charge in [0.25, 0.3) is 5.91 Å². The van der Waals surface area contributed by atoms with Crippen LogP contribution in [0.2, 0.25) is 5.15 Å². The molecule has 4 heterocycles. The first-order chi connectivity index (χ1) is 14.5. The van der Waals surface area contributed by atoms with Gasteiger partial charge in [-0.15, -0.1) is 0 Å². The number of hydrogen-bond acceptors (Lipinski definition) is 7. The first kappa shape index (κ1) is 19.9. The van der Waals surface area contributed by atoms with Gasteiger partial charge in [-0.3, -0.25) is 4.79 Å². The van der Waals surface area contributed by atoms with E-state index in [9.17, 15) is 10.1 Å². The number of nitrogens with one attached hydrogen (secondary N) is 1. The maximum atomic E-state index is 12.9. The topological polar surface area (TPSA) is 108 Å². The van der Waals surface area contributed by atoms with Crippen LogP contribution < -0.4 is 10.1 Å². The van der Waals surface area contributed by atoms with E-state index in [1.165, 1.54) is 10.7 Å². The van der Waals surface area contributed by atoms with Crippen molar-refractivity contribution in [2.45, 2.75) is 32.8 Å². The van der Waals surface area contributed by atoms with Crippen molar-refractivity contribution in [3.05, 3.63) is 40.8 Å². The highest BCUT2D eigenvalue weighted by Gasteiger charge is 2.24. The summed E-state index contributed by atoms with van der Waals surface area (Å²) in [6.45, 7) is 5.25. The molecule has 0 atom stereocenters. The molecule has 30 heavy (non-hydrogen) atoms. The predicted molar refractivity (Wildman–Crippen MR) is 111 cm³/mol. The maximum Gasteiger partial charge on any atom is 0.259 e. The summed E-state index contributed by atoms with van der Waals surface area (Å²) in [7, 11) is 0. The number of halogens is 1. The fourth-order valence-electron chi connectivity index (χ4n) is 3.32. The Morgan fingerprint density at radius 1 is 1.33 bits per heavy atom. The Labute approximate surface area is 178 Å². The largest absolute Gasteiger partial charge is 0.474 e. The van der Waals surface area contributed by atoms with Crippen molar-refractivity contribution in [3.63, 3.8) is 0 Å². The van der Waals surface area contributed by atoms with Gasteiger partial charge < -0.3 is 15.0 Å². The average Bonchev–Trinajstić information content (AvgIpc) is 3.37. The summed E-state index contributed by atoms with van der Waals surface area (Å²) < 4.78 is 7.20. The number of rotatable bonds is 5. The minimum atomic E-state index is -0.148. The molecule has 4 rings (SSSR count). The van der Waals surface area contributed by atoms with E-state index >= 15 is 0 Å². The number of carbonyl (C=O) groups excluding carboxylic acids is 1. The first-order valence-corrected chi connectivity index (χ1v) is 10.0. The molecule has 3 aromatic rings. The number of imidazole rings is 1. The van der Waals surface area contributed by atoms with Crippen LogP contribution in [0.1, 0.15) is 42.7 Å². The van der Waals surface area contributed by atoms with Gasteiger partial charge in [0.05, 0.1) is 18.0 Å². The second-order valence-corrected chi connectivity index (χ2v) is 7.60. The van der Waals surface area contributed by atoms with Crippen LogP contribution in [0, 0.1) is 11.3 Å². The molecule has 1 saturated heterocycles. The van der Waals surface area contributed by atoms with E-state index in [-0.39, 0.29) is 28.7 Å². The number of nitriles is 1. The minimum Gasteiger partial charge on any atom is -0.474 e. The highest BCUT2D eigenvalue weighted by Crippen LogP contribution is 2.27. The van der Waals surface area contributed by atoms with Crippen molar-refractivity contribution in [1.29, 1.82) is 5.26 Å². The van der Waals surface area contributed by atoms with Gasteiger partial charge in [-0.05, 0) is 38.8 Å². The number of fused-ring (bicyclic) bond motifs is 1. The van der Waals surface area contributed by atoms with Crippen molar-refractivity contribution in [2.75, 3.05) is 18.4 Å². The summed E-state index contributed by atoms with van der Waals surface area (Å²) in [4.78, 5) is 23.5. The molecular weight excluding hydrogens is 406 g/mol.